The molecule has 8 heteroatoms. The number of nitrogens with zero attached hydrogens (tertiary/aromatic N) is 6. The van der Waals surface area contributed by atoms with E-state index in [-0.39, 0.29) is 11.2 Å². The Morgan fingerprint density at radius 3 is 2.57 bits per heavy atom. The Bertz CT molecular complexity index is 768. The fraction of sp³-hybridized carbons (Fsp3) is 0.600. The van der Waals surface area contributed by atoms with Crippen LogP contribution in [0, 0.1) is 0 Å². The molecule has 0 N–H and O–H groups in total. The minimum absolute atomic E-state index is 0.174. The molecule has 1 saturated heterocycles. The van der Waals surface area contributed by atoms with Gasteiger partial charge < -0.3 is 4.90 Å². The first-order chi connectivity index (χ1) is 13.7. The zero-order valence-electron chi connectivity index (χ0n) is 16.4. The van der Waals surface area contributed by atoms with Crippen molar-refractivity contribution in [1.82, 2.24) is 30.0 Å². The average molecular weight is 401 g/mol. The molecular weight excluding hydrogens is 372 g/mol. The smallest absolute Gasteiger partial charge is 0.235 e. The van der Waals surface area contributed by atoms with Gasteiger partial charge in [-0.1, -0.05) is 54.9 Å². The molecule has 2 aromatic rings. The van der Waals surface area contributed by atoms with Gasteiger partial charge in [-0.25, -0.2) is 4.68 Å². The summed E-state index contributed by atoms with van der Waals surface area (Å²) in [6.45, 7) is 6.31. The second-order valence-electron chi connectivity index (χ2n) is 7.69. The SMILES string of the molecule is C[C@@H](Sc1nnnn1C1CCCC1)C(=O)N1CCN(Cc2ccccc2)CC1. The highest BCUT2D eigenvalue weighted by atomic mass is 32.2. The summed E-state index contributed by atoms with van der Waals surface area (Å²) in [7, 11) is 0. The van der Waals surface area contributed by atoms with E-state index in [1.165, 1.54) is 30.2 Å². The lowest BCUT2D eigenvalue weighted by atomic mass is 10.2. The van der Waals surface area contributed by atoms with Gasteiger partial charge in [0.15, 0.2) is 0 Å². The summed E-state index contributed by atoms with van der Waals surface area (Å²) >= 11 is 1.49. The molecule has 1 amide bonds. The second-order valence-corrected chi connectivity index (χ2v) is 9.00. The number of benzene rings is 1. The quantitative estimate of drug-likeness (QED) is 0.695. The molecule has 28 heavy (non-hydrogen) atoms. The summed E-state index contributed by atoms with van der Waals surface area (Å²) < 4.78 is 1.93. The van der Waals surface area contributed by atoms with Crippen molar-refractivity contribution >= 4 is 17.7 Å². The van der Waals surface area contributed by atoms with Crippen molar-refractivity contribution in [3.05, 3.63) is 35.9 Å². The van der Waals surface area contributed by atoms with Crippen LogP contribution in [0.5, 0.6) is 0 Å². The number of amides is 1. The zero-order chi connectivity index (χ0) is 19.3. The molecule has 1 aliphatic carbocycles. The highest BCUT2D eigenvalue weighted by Crippen LogP contribution is 2.32. The van der Waals surface area contributed by atoms with E-state index >= 15 is 0 Å². The molecule has 1 atom stereocenters. The van der Waals surface area contributed by atoms with Crippen LogP contribution in [-0.2, 0) is 11.3 Å². The van der Waals surface area contributed by atoms with Crippen molar-refractivity contribution in [2.45, 2.75) is 55.6 Å². The number of tetrazole rings is 1. The molecular formula is C20H28N6OS. The molecule has 0 unspecified atom stereocenters. The highest BCUT2D eigenvalue weighted by molar-refractivity contribution is 8.00. The molecule has 2 heterocycles. The van der Waals surface area contributed by atoms with Gasteiger partial charge in [-0.05, 0) is 35.8 Å². The zero-order valence-corrected chi connectivity index (χ0v) is 17.2. The normalized spacial score (nSPS) is 19.8. The molecule has 0 radical (unpaired) electrons. The standard InChI is InChI=1S/C20H28N6OS/c1-16(28-20-21-22-23-26(20)18-9-5-6-10-18)19(27)25-13-11-24(12-14-25)15-17-7-3-2-4-8-17/h2-4,7-8,16,18H,5-6,9-15H2,1H3/t16-/m1/s1. The summed E-state index contributed by atoms with van der Waals surface area (Å²) in [6, 6.07) is 10.9. The molecule has 1 aromatic carbocycles. The first-order valence-electron chi connectivity index (χ1n) is 10.2. The summed E-state index contributed by atoms with van der Waals surface area (Å²) in [5.74, 6) is 0.185. The summed E-state index contributed by atoms with van der Waals surface area (Å²) in [6.07, 6.45) is 4.72. The van der Waals surface area contributed by atoms with E-state index in [0.717, 1.165) is 50.7 Å². The fourth-order valence-electron chi connectivity index (χ4n) is 4.07. The number of aromatic nitrogens is 4. The predicted molar refractivity (Wildman–Crippen MR) is 109 cm³/mol. The summed E-state index contributed by atoms with van der Waals surface area (Å²) in [5.41, 5.74) is 1.32. The Labute approximate surface area is 170 Å². The Morgan fingerprint density at radius 1 is 1.14 bits per heavy atom. The maximum Gasteiger partial charge on any atom is 0.235 e. The lowest BCUT2D eigenvalue weighted by Gasteiger charge is -2.35. The Kier molecular flexibility index (Phi) is 6.26. The number of carbonyl (C=O) groups is 1. The van der Waals surface area contributed by atoms with Crippen LogP contribution in [0.3, 0.4) is 0 Å². The van der Waals surface area contributed by atoms with Gasteiger partial charge in [0.2, 0.25) is 11.1 Å². The number of rotatable bonds is 6. The van der Waals surface area contributed by atoms with E-state index in [0.29, 0.717) is 6.04 Å². The van der Waals surface area contributed by atoms with Gasteiger partial charge in [0.05, 0.1) is 11.3 Å². The number of hydrogen-bond acceptors (Lipinski definition) is 6. The summed E-state index contributed by atoms with van der Waals surface area (Å²) in [5, 5.41) is 12.8. The minimum Gasteiger partial charge on any atom is -0.339 e. The van der Waals surface area contributed by atoms with Crippen LogP contribution >= 0.6 is 11.8 Å². The molecule has 1 aliphatic heterocycles. The maximum absolute atomic E-state index is 12.9. The highest BCUT2D eigenvalue weighted by Gasteiger charge is 2.28. The van der Waals surface area contributed by atoms with Gasteiger partial charge in [-0.15, -0.1) is 5.10 Å². The van der Waals surface area contributed by atoms with Crippen molar-refractivity contribution in [2.75, 3.05) is 26.2 Å². The van der Waals surface area contributed by atoms with Crippen LogP contribution in [0.2, 0.25) is 0 Å². The van der Waals surface area contributed by atoms with E-state index in [1.54, 1.807) is 0 Å². The maximum atomic E-state index is 12.9. The number of carbonyl (C=O) groups excluding carboxylic acids is 1. The van der Waals surface area contributed by atoms with E-state index in [1.807, 2.05) is 22.6 Å². The molecule has 4 rings (SSSR count). The Balaban J connectivity index is 1.29. The fourth-order valence-corrected chi connectivity index (χ4v) is 5.02. The first kappa shape index (κ1) is 19.4. The largest absolute Gasteiger partial charge is 0.339 e. The van der Waals surface area contributed by atoms with Crippen LogP contribution in [0.25, 0.3) is 0 Å². The van der Waals surface area contributed by atoms with E-state index < -0.39 is 0 Å². The van der Waals surface area contributed by atoms with Crippen molar-refractivity contribution in [3.63, 3.8) is 0 Å². The monoisotopic (exact) mass is 400 g/mol. The number of hydrogen-bond donors (Lipinski definition) is 0. The lowest BCUT2D eigenvalue weighted by Crippen LogP contribution is -2.50. The molecule has 0 bridgehead atoms. The van der Waals surface area contributed by atoms with Crippen LogP contribution in [-0.4, -0.2) is 67.3 Å². The lowest BCUT2D eigenvalue weighted by molar-refractivity contribution is -0.132. The molecule has 150 valence electrons. The third-order valence-electron chi connectivity index (χ3n) is 5.70. The molecule has 7 nitrogen and oxygen atoms in total. The van der Waals surface area contributed by atoms with Crippen LogP contribution in [0.1, 0.15) is 44.2 Å². The van der Waals surface area contributed by atoms with Crippen molar-refractivity contribution < 1.29 is 4.79 Å². The van der Waals surface area contributed by atoms with Gasteiger partial charge in [0, 0.05) is 32.7 Å². The van der Waals surface area contributed by atoms with Gasteiger partial charge >= 0.3 is 0 Å². The van der Waals surface area contributed by atoms with Crippen LogP contribution < -0.4 is 0 Å². The van der Waals surface area contributed by atoms with E-state index in [9.17, 15) is 4.79 Å². The Morgan fingerprint density at radius 2 is 1.86 bits per heavy atom. The average Bonchev–Trinajstić information content (AvgIpc) is 3.40. The minimum atomic E-state index is -0.174. The van der Waals surface area contributed by atoms with Gasteiger partial charge in [0.1, 0.15) is 0 Å². The van der Waals surface area contributed by atoms with Crippen molar-refractivity contribution in [3.8, 4) is 0 Å². The number of piperazine rings is 1. The van der Waals surface area contributed by atoms with Gasteiger partial charge in [0.25, 0.3) is 0 Å². The third kappa shape index (κ3) is 4.55. The van der Waals surface area contributed by atoms with Crippen LogP contribution in [0.15, 0.2) is 35.5 Å². The van der Waals surface area contributed by atoms with E-state index in [2.05, 4.69) is 44.7 Å². The molecule has 1 aromatic heterocycles. The van der Waals surface area contributed by atoms with Crippen molar-refractivity contribution in [1.29, 1.82) is 0 Å². The molecule has 1 saturated carbocycles. The second kappa shape index (κ2) is 9.05. The van der Waals surface area contributed by atoms with Crippen molar-refractivity contribution in [2.24, 2.45) is 0 Å². The Hall–Kier alpha value is -1.93. The van der Waals surface area contributed by atoms with Gasteiger partial charge in [-0.3, -0.25) is 9.69 Å². The van der Waals surface area contributed by atoms with E-state index in [4.69, 9.17) is 0 Å². The first-order valence-corrected chi connectivity index (χ1v) is 11.1. The summed E-state index contributed by atoms with van der Waals surface area (Å²) in [4.78, 5) is 17.3. The topological polar surface area (TPSA) is 67.2 Å². The van der Waals surface area contributed by atoms with Crippen LogP contribution in [0.4, 0.5) is 0 Å². The molecule has 2 aliphatic rings. The number of thioether (sulfide) groups is 1. The predicted octanol–water partition coefficient (Wildman–Crippen LogP) is 2.61. The van der Waals surface area contributed by atoms with Gasteiger partial charge in [-0.2, -0.15) is 0 Å². The molecule has 2 fully saturated rings. The molecule has 0 spiro atoms. The third-order valence-corrected chi connectivity index (χ3v) is 6.73.